The third kappa shape index (κ3) is 4.68. The molecule has 0 radical (unpaired) electrons. The number of halogens is 1. The van der Waals surface area contributed by atoms with Gasteiger partial charge in [-0.2, -0.15) is 0 Å². The molecule has 134 valence electrons. The van der Waals surface area contributed by atoms with E-state index in [4.69, 9.17) is 16.3 Å². The molecule has 2 aromatic rings. The van der Waals surface area contributed by atoms with E-state index in [1.807, 2.05) is 12.1 Å². The zero-order valence-electron chi connectivity index (χ0n) is 14.1. The van der Waals surface area contributed by atoms with Crippen LogP contribution < -0.4 is 4.90 Å². The van der Waals surface area contributed by atoms with E-state index in [2.05, 4.69) is 21.8 Å². The predicted molar refractivity (Wildman–Crippen MR) is 98.7 cm³/mol. The van der Waals surface area contributed by atoms with Crippen molar-refractivity contribution in [1.82, 2.24) is 9.97 Å². The Kier molecular flexibility index (Phi) is 5.27. The molecule has 8 heteroatoms. The van der Waals surface area contributed by atoms with E-state index in [1.54, 1.807) is 18.2 Å². The molecule has 6 nitrogen and oxygen atoms in total. The monoisotopic (exact) mass is 381 g/mol. The van der Waals surface area contributed by atoms with Gasteiger partial charge in [0.05, 0.1) is 30.7 Å². The Morgan fingerprint density at radius 2 is 2.12 bits per heavy atom. The highest BCUT2D eigenvalue weighted by Crippen LogP contribution is 2.25. The van der Waals surface area contributed by atoms with Crippen LogP contribution in [0.15, 0.2) is 30.3 Å². The van der Waals surface area contributed by atoms with Crippen molar-refractivity contribution in [1.29, 1.82) is 0 Å². The Morgan fingerprint density at radius 3 is 2.80 bits per heavy atom. The van der Waals surface area contributed by atoms with Gasteiger partial charge in [0, 0.05) is 29.5 Å². The summed E-state index contributed by atoms with van der Waals surface area (Å²) in [7, 11) is -3.20. The van der Waals surface area contributed by atoms with Crippen LogP contribution in [-0.2, 0) is 20.3 Å². The lowest BCUT2D eigenvalue weighted by molar-refractivity contribution is 0.0985. The molecule has 2 heterocycles. The van der Waals surface area contributed by atoms with Gasteiger partial charge >= 0.3 is 0 Å². The molecular weight excluding hydrogens is 362 g/mol. The smallest absolute Gasteiger partial charge is 0.161 e. The van der Waals surface area contributed by atoms with Gasteiger partial charge in [0.2, 0.25) is 0 Å². The van der Waals surface area contributed by atoms with Crippen LogP contribution in [0.25, 0.3) is 11.4 Å². The first-order valence-corrected chi connectivity index (χ1v) is 10.4. The zero-order valence-corrected chi connectivity index (χ0v) is 15.7. The lowest BCUT2D eigenvalue weighted by Gasteiger charge is -2.34. The van der Waals surface area contributed by atoms with E-state index in [9.17, 15) is 8.42 Å². The topological polar surface area (TPSA) is 72.4 Å². The molecule has 0 saturated carbocycles. The SMILES string of the molecule is C[C@H]1COCCN1c1cc(CS(C)(=O)=O)nc(-c2cccc(Cl)c2)n1. The van der Waals surface area contributed by atoms with Gasteiger partial charge in [-0.3, -0.25) is 0 Å². The second kappa shape index (κ2) is 7.27. The highest BCUT2D eigenvalue weighted by Gasteiger charge is 2.22. The van der Waals surface area contributed by atoms with Crippen LogP contribution in [-0.4, -0.2) is 50.4 Å². The summed E-state index contributed by atoms with van der Waals surface area (Å²) in [5, 5.41) is 0.580. The molecule has 0 aliphatic carbocycles. The van der Waals surface area contributed by atoms with Crippen LogP contribution >= 0.6 is 11.6 Å². The van der Waals surface area contributed by atoms with Gasteiger partial charge in [-0.25, -0.2) is 18.4 Å². The Bertz CT molecular complexity index is 873. The van der Waals surface area contributed by atoms with Crippen LogP contribution in [0, 0.1) is 0 Å². The van der Waals surface area contributed by atoms with E-state index >= 15 is 0 Å². The first kappa shape index (κ1) is 18.1. The Morgan fingerprint density at radius 1 is 1.32 bits per heavy atom. The molecule has 0 bridgehead atoms. The molecule has 25 heavy (non-hydrogen) atoms. The fraction of sp³-hybridized carbons (Fsp3) is 0.412. The maximum Gasteiger partial charge on any atom is 0.161 e. The number of aromatic nitrogens is 2. The Hall–Kier alpha value is -1.70. The number of rotatable bonds is 4. The summed E-state index contributed by atoms with van der Waals surface area (Å²) >= 11 is 6.07. The van der Waals surface area contributed by atoms with Gasteiger partial charge < -0.3 is 9.64 Å². The number of ether oxygens (including phenoxy) is 1. The van der Waals surface area contributed by atoms with E-state index in [-0.39, 0.29) is 11.8 Å². The lowest BCUT2D eigenvalue weighted by Crippen LogP contribution is -2.44. The summed E-state index contributed by atoms with van der Waals surface area (Å²) in [6.45, 7) is 3.97. The standard InChI is InChI=1S/C17H20ClN3O3S/c1-12-10-24-7-6-21(12)16-9-15(11-25(2,22)23)19-17(20-16)13-4-3-5-14(18)8-13/h3-5,8-9,12H,6-7,10-11H2,1-2H3/t12-/m0/s1. The molecule has 1 fully saturated rings. The van der Waals surface area contributed by atoms with Crippen LogP contribution in [0.2, 0.25) is 5.02 Å². The summed E-state index contributed by atoms with van der Waals surface area (Å²) in [6.07, 6.45) is 1.20. The second-order valence-electron chi connectivity index (χ2n) is 6.24. The van der Waals surface area contributed by atoms with Crippen molar-refractivity contribution < 1.29 is 13.2 Å². The summed E-state index contributed by atoms with van der Waals surface area (Å²) in [5.74, 6) is 1.05. The number of sulfone groups is 1. The van der Waals surface area contributed by atoms with Crippen LogP contribution in [0.1, 0.15) is 12.6 Å². The number of hydrogen-bond donors (Lipinski definition) is 0. The minimum atomic E-state index is -3.20. The number of hydrogen-bond acceptors (Lipinski definition) is 6. The molecule has 1 aliphatic heterocycles. The average molecular weight is 382 g/mol. The largest absolute Gasteiger partial charge is 0.377 e. The number of anilines is 1. The Labute approximate surface area is 152 Å². The maximum atomic E-state index is 11.7. The third-order valence-corrected chi connectivity index (χ3v) is 4.98. The van der Waals surface area contributed by atoms with Crippen LogP contribution in [0.5, 0.6) is 0 Å². The normalized spacial score (nSPS) is 18.4. The van der Waals surface area contributed by atoms with Crippen molar-refractivity contribution in [3.63, 3.8) is 0 Å². The summed E-state index contributed by atoms with van der Waals surface area (Å²) in [5.41, 5.74) is 1.23. The lowest BCUT2D eigenvalue weighted by atomic mass is 10.2. The van der Waals surface area contributed by atoms with Crippen molar-refractivity contribution >= 4 is 27.3 Å². The number of benzene rings is 1. The van der Waals surface area contributed by atoms with E-state index < -0.39 is 9.84 Å². The minimum Gasteiger partial charge on any atom is -0.377 e. The van der Waals surface area contributed by atoms with E-state index in [0.29, 0.717) is 42.1 Å². The Balaban J connectivity index is 2.07. The highest BCUT2D eigenvalue weighted by molar-refractivity contribution is 7.89. The zero-order chi connectivity index (χ0) is 18.0. The summed E-state index contributed by atoms with van der Waals surface area (Å²) in [6, 6.07) is 9.13. The van der Waals surface area contributed by atoms with Gasteiger partial charge in [-0.05, 0) is 19.1 Å². The predicted octanol–water partition coefficient (Wildman–Crippen LogP) is 2.57. The number of nitrogens with zero attached hydrogens (tertiary/aromatic N) is 3. The van der Waals surface area contributed by atoms with Gasteiger partial charge in [0.1, 0.15) is 5.82 Å². The molecule has 0 N–H and O–H groups in total. The minimum absolute atomic E-state index is 0.130. The first-order valence-electron chi connectivity index (χ1n) is 7.98. The van der Waals surface area contributed by atoms with Crippen molar-refractivity contribution in [3.05, 3.63) is 41.0 Å². The average Bonchev–Trinajstić information content (AvgIpc) is 2.53. The molecule has 3 rings (SSSR count). The first-order chi connectivity index (χ1) is 11.8. The molecule has 1 aromatic carbocycles. The fourth-order valence-electron chi connectivity index (χ4n) is 2.80. The molecule has 1 aliphatic rings. The molecule has 1 aromatic heterocycles. The molecular formula is C17H20ClN3O3S. The van der Waals surface area contributed by atoms with Gasteiger partial charge in [0.15, 0.2) is 15.7 Å². The van der Waals surface area contributed by atoms with Crippen LogP contribution in [0.4, 0.5) is 5.82 Å². The molecule has 0 unspecified atom stereocenters. The van der Waals surface area contributed by atoms with Crippen molar-refractivity contribution in [3.8, 4) is 11.4 Å². The van der Waals surface area contributed by atoms with Crippen LogP contribution in [0.3, 0.4) is 0 Å². The summed E-state index contributed by atoms with van der Waals surface area (Å²) in [4.78, 5) is 11.2. The number of morpholine rings is 1. The maximum absolute atomic E-state index is 11.7. The van der Waals surface area contributed by atoms with Gasteiger partial charge in [-0.1, -0.05) is 23.7 Å². The van der Waals surface area contributed by atoms with Crippen molar-refractivity contribution in [2.45, 2.75) is 18.7 Å². The highest BCUT2D eigenvalue weighted by atomic mass is 35.5. The second-order valence-corrected chi connectivity index (χ2v) is 8.82. The molecule has 1 saturated heterocycles. The van der Waals surface area contributed by atoms with Crippen molar-refractivity contribution in [2.75, 3.05) is 30.9 Å². The molecule has 0 spiro atoms. The van der Waals surface area contributed by atoms with Gasteiger partial charge in [-0.15, -0.1) is 0 Å². The quantitative estimate of drug-likeness (QED) is 0.810. The third-order valence-electron chi connectivity index (χ3n) is 3.92. The fourth-order valence-corrected chi connectivity index (χ4v) is 3.67. The van der Waals surface area contributed by atoms with Crippen molar-refractivity contribution in [2.24, 2.45) is 0 Å². The molecule has 0 amide bonds. The van der Waals surface area contributed by atoms with E-state index in [1.165, 1.54) is 6.26 Å². The van der Waals surface area contributed by atoms with E-state index in [0.717, 1.165) is 5.56 Å². The molecule has 1 atom stereocenters. The van der Waals surface area contributed by atoms with Gasteiger partial charge in [0.25, 0.3) is 0 Å². The summed E-state index contributed by atoms with van der Waals surface area (Å²) < 4.78 is 29.0.